The van der Waals surface area contributed by atoms with E-state index in [1.165, 1.54) is 0 Å². The highest BCUT2D eigenvalue weighted by Gasteiger charge is 2.28. The van der Waals surface area contributed by atoms with Crippen LogP contribution in [0, 0.1) is 0 Å². The predicted octanol–water partition coefficient (Wildman–Crippen LogP) is 1.55. The van der Waals surface area contributed by atoms with E-state index in [1.54, 1.807) is 0 Å². The number of aliphatic carboxylic acids is 1. The van der Waals surface area contributed by atoms with Crippen LogP contribution in [-0.2, 0) is 4.79 Å². The Labute approximate surface area is 93.2 Å². The molecule has 0 amide bonds. The van der Waals surface area contributed by atoms with Gasteiger partial charge in [-0.15, -0.1) is 0 Å². The molecule has 0 fully saturated rings. The van der Waals surface area contributed by atoms with Crippen LogP contribution < -0.4 is 5.11 Å². The molecular weight excluding hydrogens is 200 g/mol. The summed E-state index contributed by atoms with van der Waals surface area (Å²) in [6.45, 7) is 0. The largest absolute Gasteiger partial charge is 0.549 e. The molecule has 3 rings (SSSR count). The summed E-state index contributed by atoms with van der Waals surface area (Å²) in [5, 5.41) is 11.2. The van der Waals surface area contributed by atoms with Gasteiger partial charge in [0, 0.05) is 5.92 Å². The fourth-order valence-electron chi connectivity index (χ4n) is 2.41. The Kier molecular flexibility index (Phi) is 1.83. The molecule has 1 aliphatic carbocycles. The van der Waals surface area contributed by atoms with Crippen molar-refractivity contribution >= 4 is 5.97 Å². The average Bonchev–Trinajstić information content (AvgIpc) is 2.63. The lowest BCUT2D eigenvalue weighted by Gasteiger charge is -2.13. The highest BCUT2D eigenvalue weighted by atomic mass is 16.4. The molecule has 0 heterocycles. The Bertz CT molecular complexity index is 527. The van der Waals surface area contributed by atoms with E-state index in [1.807, 2.05) is 48.5 Å². The average molecular weight is 209 g/mol. The number of carboxylic acids is 1. The van der Waals surface area contributed by atoms with Gasteiger partial charge in [0.1, 0.15) is 0 Å². The smallest absolute Gasteiger partial charge is 0.0533 e. The van der Waals surface area contributed by atoms with Crippen molar-refractivity contribution in [2.75, 3.05) is 0 Å². The Morgan fingerprint density at radius 3 is 1.75 bits per heavy atom. The molecule has 0 N–H and O–H groups in total. The lowest BCUT2D eigenvalue weighted by Crippen LogP contribution is -2.29. The van der Waals surface area contributed by atoms with Gasteiger partial charge in [-0.2, -0.15) is 0 Å². The highest BCUT2D eigenvalue weighted by Crippen LogP contribution is 2.43. The molecule has 2 aromatic rings. The molecule has 0 unspecified atom stereocenters. The normalized spacial score (nSPS) is 13.2. The van der Waals surface area contributed by atoms with E-state index < -0.39 is 11.9 Å². The standard InChI is InChI=1S/C14H10O2/c15-14(16)13-11-7-3-1-5-9(11)10-6-2-4-8-12(10)13/h1-8,13H,(H,15,16)/p-1. The van der Waals surface area contributed by atoms with E-state index in [9.17, 15) is 9.90 Å². The Balaban J connectivity index is 2.34. The summed E-state index contributed by atoms with van der Waals surface area (Å²) in [5.74, 6) is -1.65. The maximum Gasteiger partial charge on any atom is 0.0533 e. The van der Waals surface area contributed by atoms with Crippen molar-refractivity contribution in [1.29, 1.82) is 0 Å². The van der Waals surface area contributed by atoms with Gasteiger partial charge in [0.05, 0.1) is 5.97 Å². The van der Waals surface area contributed by atoms with Gasteiger partial charge in [-0.3, -0.25) is 0 Å². The molecule has 0 saturated carbocycles. The van der Waals surface area contributed by atoms with Crippen molar-refractivity contribution in [1.82, 2.24) is 0 Å². The van der Waals surface area contributed by atoms with Crippen LogP contribution in [0.2, 0.25) is 0 Å². The second-order valence-electron chi connectivity index (χ2n) is 3.93. The van der Waals surface area contributed by atoms with E-state index in [0.717, 1.165) is 22.3 Å². The summed E-state index contributed by atoms with van der Waals surface area (Å²) in [6, 6.07) is 15.2. The summed E-state index contributed by atoms with van der Waals surface area (Å²) in [6.07, 6.45) is 0. The molecular formula is C14H9O2-. The molecule has 78 valence electrons. The topological polar surface area (TPSA) is 40.1 Å². The van der Waals surface area contributed by atoms with Gasteiger partial charge < -0.3 is 9.90 Å². The minimum Gasteiger partial charge on any atom is -0.549 e. The third-order valence-corrected chi connectivity index (χ3v) is 3.07. The molecule has 0 saturated heterocycles. The first-order valence-electron chi connectivity index (χ1n) is 5.18. The van der Waals surface area contributed by atoms with Gasteiger partial charge >= 0.3 is 0 Å². The van der Waals surface area contributed by atoms with Gasteiger partial charge in [-0.1, -0.05) is 48.5 Å². The first-order chi connectivity index (χ1) is 7.79. The quantitative estimate of drug-likeness (QED) is 0.714. The predicted molar refractivity (Wildman–Crippen MR) is 58.7 cm³/mol. The van der Waals surface area contributed by atoms with Gasteiger partial charge in [0.15, 0.2) is 0 Å². The van der Waals surface area contributed by atoms with Crippen LogP contribution >= 0.6 is 0 Å². The summed E-state index contributed by atoms with van der Waals surface area (Å²) in [7, 11) is 0. The first kappa shape index (κ1) is 9.16. The minimum atomic E-state index is -1.03. The van der Waals surface area contributed by atoms with Crippen molar-refractivity contribution in [3.8, 4) is 11.1 Å². The zero-order valence-electron chi connectivity index (χ0n) is 8.51. The molecule has 16 heavy (non-hydrogen) atoms. The number of benzene rings is 2. The van der Waals surface area contributed by atoms with Crippen LogP contribution in [0.4, 0.5) is 0 Å². The third-order valence-electron chi connectivity index (χ3n) is 3.07. The summed E-state index contributed by atoms with van der Waals surface area (Å²) in [5.41, 5.74) is 3.69. The van der Waals surface area contributed by atoms with E-state index in [4.69, 9.17) is 0 Å². The van der Waals surface area contributed by atoms with Crippen molar-refractivity contribution in [2.45, 2.75) is 5.92 Å². The minimum absolute atomic E-state index is 0.618. The molecule has 0 bridgehead atoms. The molecule has 0 atom stereocenters. The zero-order valence-corrected chi connectivity index (χ0v) is 8.51. The number of rotatable bonds is 1. The van der Waals surface area contributed by atoms with Crippen LogP contribution in [0.25, 0.3) is 11.1 Å². The monoisotopic (exact) mass is 209 g/mol. The van der Waals surface area contributed by atoms with Crippen LogP contribution in [0.15, 0.2) is 48.5 Å². The first-order valence-corrected chi connectivity index (χ1v) is 5.18. The lowest BCUT2D eigenvalue weighted by molar-refractivity contribution is -0.306. The maximum absolute atomic E-state index is 11.2. The number of hydrogen-bond acceptors (Lipinski definition) is 2. The van der Waals surface area contributed by atoms with Gasteiger partial charge in [-0.25, -0.2) is 0 Å². The second kappa shape index (κ2) is 3.20. The molecule has 0 spiro atoms. The zero-order chi connectivity index (χ0) is 11.1. The molecule has 1 aliphatic rings. The van der Waals surface area contributed by atoms with E-state index >= 15 is 0 Å². The van der Waals surface area contributed by atoms with Gasteiger partial charge in [-0.05, 0) is 22.3 Å². The van der Waals surface area contributed by atoms with Crippen LogP contribution in [0.3, 0.4) is 0 Å². The Hall–Kier alpha value is -2.09. The number of carbonyl (C=O) groups excluding carboxylic acids is 1. The van der Waals surface area contributed by atoms with Crippen LogP contribution in [-0.4, -0.2) is 5.97 Å². The Morgan fingerprint density at radius 1 is 0.875 bits per heavy atom. The van der Waals surface area contributed by atoms with E-state index in [-0.39, 0.29) is 0 Å². The molecule has 0 aliphatic heterocycles. The third kappa shape index (κ3) is 1.10. The number of carboxylic acid groups (broad SMARTS) is 1. The van der Waals surface area contributed by atoms with Crippen molar-refractivity contribution in [2.24, 2.45) is 0 Å². The summed E-state index contributed by atoms with van der Waals surface area (Å²) >= 11 is 0. The molecule has 2 heteroatoms. The van der Waals surface area contributed by atoms with E-state index in [2.05, 4.69) is 0 Å². The van der Waals surface area contributed by atoms with Crippen molar-refractivity contribution in [3.63, 3.8) is 0 Å². The van der Waals surface area contributed by atoms with Gasteiger partial charge in [0.2, 0.25) is 0 Å². The molecule has 0 radical (unpaired) electrons. The van der Waals surface area contributed by atoms with E-state index in [0.29, 0.717) is 0 Å². The number of carbonyl (C=O) groups is 1. The fraction of sp³-hybridized carbons (Fsp3) is 0.0714. The van der Waals surface area contributed by atoms with Crippen LogP contribution in [0.1, 0.15) is 17.0 Å². The molecule has 0 aromatic heterocycles. The van der Waals surface area contributed by atoms with Gasteiger partial charge in [0.25, 0.3) is 0 Å². The molecule has 2 aromatic carbocycles. The number of fused-ring (bicyclic) bond motifs is 3. The highest BCUT2D eigenvalue weighted by molar-refractivity contribution is 5.91. The second-order valence-corrected chi connectivity index (χ2v) is 3.93. The summed E-state index contributed by atoms with van der Waals surface area (Å²) in [4.78, 5) is 11.2. The van der Waals surface area contributed by atoms with Crippen LogP contribution in [0.5, 0.6) is 0 Å². The number of hydrogen-bond donors (Lipinski definition) is 0. The van der Waals surface area contributed by atoms with Crippen molar-refractivity contribution in [3.05, 3.63) is 59.7 Å². The molecule has 2 nitrogen and oxygen atoms in total. The fourth-order valence-corrected chi connectivity index (χ4v) is 2.41. The van der Waals surface area contributed by atoms with Crippen molar-refractivity contribution < 1.29 is 9.90 Å². The lowest BCUT2D eigenvalue weighted by atomic mass is 9.97. The Morgan fingerprint density at radius 2 is 1.31 bits per heavy atom. The SMILES string of the molecule is O=C([O-])C1c2ccccc2-c2ccccc21. The summed E-state index contributed by atoms with van der Waals surface area (Å²) < 4.78 is 0. The maximum atomic E-state index is 11.2.